The third-order valence-corrected chi connectivity index (χ3v) is 7.38. The van der Waals surface area contributed by atoms with Gasteiger partial charge in [0.25, 0.3) is 10.0 Å². The molecule has 0 spiro atoms. The Balaban J connectivity index is 1.97. The van der Waals surface area contributed by atoms with Gasteiger partial charge in [0.15, 0.2) is 0 Å². The average molecular weight is 416 g/mol. The largest absolute Gasteiger partial charge is 0.353 e. The zero-order valence-electron chi connectivity index (χ0n) is 14.8. The number of hydrogen-bond donors (Lipinski definition) is 1. The van der Waals surface area contributed by atoms with E-state index in [1.165, 1.54) is 19.2 Å². The lowest BCUT2D eigenvalue weighted by atomic mass is 10.1. The second-order valence-corrected chi connectivity index (χ2v) is 10.0. The van der Waals surface area contributed by atoms with Gasteiger partial charge in [-0.2, -0.15) is 4.31 Å². The zero-order chi connectivity index (χ0) is 19.3. The van der Waals surface area contributed by atoms with Crippen LogP contribution in [0.3, 0.4) is 0 Å². The van der Waals surface area contributed by atoms with E-state index in [1.54, 1.807) is 0 Å². The van der Waals surface area contributed by atoms with Crippen LogP contribution in [0.1, 0.15) is 11.6 Å². The number of nitrogens with one attached hydrogen (secondary N) is 1. The lowest BCUT2D eigenvalue weighted by Crippen LogP contribution is -2.41. The van der Waals surface area contributed by atoms with E-state index in [2.05, 4.69) is 5.32 Å². The molecule has 2 aromatic rings. The smallest absolute Gasteiger partial charge is 0.252 e. The molecule has 0 aliphatic carbocycles. The molecule has 6 nitrogen and oxygen atoms in total. The highest BCUT2D eigenvalue weighted by molar-refractivity contribution is 7.91. The Bertz CT molecular complexity index is 838. The minimum atomic E-state index is -3.72. The van der Waals surface area contributed by atoms with Gasteiger partial charge in [-0.05, 0) is 31.8 Å². The van der Waals surface area contributed by atoms with Gasteiger partial charge < -0.3 is 10.2 Å². The van der Waals surface area contributed by atoms with Crippen LogP contribution in [0.25, 0.3) is 0 Å². The molecule has 26 heavy (non-hydrogen) atoms. The highest BCUT2D eigenvalue weighted by Gasteiger charge is 2.25. The molecule has 1 aromatic heterocycles. The lowest BCUT2D eigenvalue weighted by Gasteiger charge is -2.25. The van der Waals surface area contributed by atoms with Crippen LogP contribution in [0.15, 0.2) is 46.7 Å². The van der Waals surface area contributed by atoms with E-state index in [0.717, 1.165) is 21.2 Å². The van der Waals surface area contributed by atoms with Gasteiger partial charge in [0, 0.05) is 13.6 Å². The van der Waals surface area contributed by atoms with Gasteiger partial charge in [-0.15, -0.1) is 11.3 Å². The van der Waals surface area contributed by atoms with Crippen molar-refractivity contribution in [3.05, 3.63) is 52.4 Å². The Kier molecular flexibility index (Phi) is 7.19. The molecule has 9 heteroatoms. The number of likely N-dealkylation sites (N-methyl/N-ethyl adjacent to an activating group) is 2. The molecule has 1 N–H and O–H groups in total. The molecular weight excluding hydrogens is 394 g/mol. The number of nitrogens with zero attached hydrogens (tertiary/aromatic N) is 2. The summed E-state index contributed by atoms with van der Waals surface area (Å²) in [6, 6.07) is 12.8. The maximum Gasteiger partial charge on any atom is 0.252 e. The van der Waals surface area contributed by atoms with E-state index >= 15 is 0 Å². The molecule has 0 fully saturated rings. The average Bonchev–Trinajstić information content (AvgIpc) is 3.03. The Hall–Kier alpha value is -1.45. The first-order valence-electron chi connectivity index (χ1n) is 7.91. The molecule has 0 bridgehead atoms. The minimum absolute atomic E-state index is 0.00170. The van der Waals surface area contributed by atoms with Crippen LogP contribution >= 0.6 is 22.9 Å². The van der Waals surface area contributed by atoms with E-state index in [0.29, 0.717) is 10.9 Å². The molecule has 0 unspecified atom stereocenters. The lowest BCUT2D eigenvalue weighted by molar-refractivity contribution is -0.121. The van der Waals surface area contributed by atoms with E-state index in [9.17, 15) is 13.2 Å². The summed E-state index contributed by atoms with van der Waals surface area (Å²) in [5.74, 6) is -0.360. The Labute approximate surface area is 163 Å². The van der Waals surface area contributed by atoms with Gasteiger partial charge >= 0.3 is 0 Å². The number of sulfonamides is 1. The summed E-state index contributed by atoms with van der Waals surface area (Å²) in [7, 11) is 1.52. The van der Waals surface area contributed by atoms with Crippen LogP contribution in [-0.2, 0) is 14.8 Å². The summed E-state index contributed by atoms with van der Waals surface area (Å²) in [5, 5.41) is 2.81. The van der Waals surface area contributed by atoms with Crippen LogP contribution in [0.5, 0.6) is 0 Å². The van der Waals surface area contributed by atoms with Crippen LogP contribution in [-0.4, -0.2) is 57.8 Å². The van der Waals surface area contributed by atoms with Crippen molar-refractivity contribution in [2.24, 2.45) is 0 Å². The number of benzene rings is 1. The summed E-state index contributed by atoms with van der Waals surface area (Å²) in [6.07, 6.45) is 0. The molecule has 2 rings (SSSR count). The highest BCUT2D eigenvalue weighted by Crippen LogP contribution is 2.27. The molecule has 0 saturated heterocycles. The number of carbonyl (C=O) groups is 1. The quantitative estimate of drug-likeness (QED) is 0.718. The fourth-order valence-electron chi connectivity index (χ4n) is 2.42. The first-order valence-corrected chi connectivity index (χ1v) is 10.5. The molecule has 1 heterocycles. The third-order valence-electron chi connectivity index (χ3n) is 3.88. The number of carbonyl (C=O) groups excluding carboxylic acids is 1. The Morgan fingerprint density at radius 3 is 2.35 bits per heavy atom. The number of halogens is 1. The van der Waals surface area contributed by atoms with Crippen LogP contribution in [0, 0.1) is 0 Å². The SMILES string of the molecule is CN(C)[C@@H](CNC(=O)CN(C)S(=O)(=O)c1ccc(Cl)s1)c1ccccc1. The number of amides is 1. The predicted molar refractivity (Wildman–Crippen MR) is 105 cm³/mol. The first kappa shape index (κ1) is 20.9. The van der Waals surface area contributed by atoms with Crippen molar-refractivity contribution >= 4 is 38.9 Å². The van der Waals surface area contributed by atoms with Crippen molar-refractivity contribution in [3.8, 4) is 0 Å². The normalized spacial score (nSPS) is 13.2. The predicted octanol–water partition coefficient (Wildman–Crippen LogP) is 2.44. The van der Waals surface area contributed by atoms with E-state index < -0.39 is 10.0 Å². The van der Waals surface area contributed by atoms with Gasteiger partial charge in [0.05, 0.1) is 16.9 Å². The zero-order valence-corrected chi connectivity index (χ0v) is 17.2. The second kappa shape index (κ2) is 8.96. The molecule has 1 atom stereocenters. The van der Waals surface area contributed by atoms with Crippen LogP contribution in [0.4, 0.5) is 0 Å². The van der Waals surface area contributed by atoms with Gasteiger partial charge in [0.1, 0.15) is 4.21 Å². The molecular formula is C17H22ClN3O3S2. The van der Waals surface area contributed by atoms with Crippen LogP contribution < -0.4 is 5.32 Å². The van der Waals surface area contributed by atoms with Crippen molar-refractivity contribution in [2.75, 3.05) is 34.2 Å². The topological polar surface area (TPSA) is 69.7 Å². The van der Waals surface area contributed by atoms with Gasteiger partial charge in [-0.25, -0.2) is 8.42 Å². The van der Waals surface area contributed by atoms with Gasteiger partial charge in [0.2, 0.25) is 5.91 Å². The number of thiophene rings is 1. The van der Waals surface area contributed by atoms with E-state index in [4.69, 9.17) is 11.6 Å². The second-order valence-electron chi connectivity index (χ2n) is 6.01. The van der Waals surface area contributed by atoms with E-state index in [-0.39, 0.29) is 22.7 Å². The van der Waals surface area contributed by atoms with Crippen molar-refractivity contribution in [3.63, 3.8) is 0 Å². The molecule has 1 aromatic carbocycles. The number of hydrogen-bond acceptors (Lipinski definition) is 5. The monoisotopic (exact) mass is 415 g/mol. The third kappa shape index (κ3) is 5.28. The first-order chi connectivity index (χ1) is 12.2. The molecule has 0 radical (unpaired) electrons. The molecule has 0 aliphatic heterocycles. The summed E-state index contributed by atoms with van der Waals surface area (Å²) < 4.78 is 26.4. The van der Waals surface area contributed by atoms with Crippen molar-refractivity contribution in [1.29, 1.82) is 0 Å². The van der Waals surface area contributed by atoms with E-state index in [1.807, 2.05) is 49.3 Å². The minimum Gasteiger partial charge on any atom is -0.353 e. The molecule has 0 saturated carbocycles. The Morgan fingerprint density at radius 1 is 1.15 bits per heavy atom. The maximum atomic E-state index is 12.4. The fraction of sp³-hybridized carbons (Fsp3) is 0.353. The van der Waals surface area contributed by atoms with Gasteiger partial charge in [-0.3, -0.25) is 4.79 Å². The number of rotatable bonds is 8. The standard InChI is InChI=1S/C17H22ClN3O3S2/c1-20(2)14(13-7-5-4-6-8-13)11-19-16(22)12-21(3)26(23,24)17-10-9-15(18)25-17/h4-10,14H,11-12H2,1-3H3,(H,19,22)/t14-/m0/s1. The molecule has 0 aliphatic rings. The highest BCUT2D eigenvalue weighted by atomic mass is 35.5. The summed E-state index contributed by atoms with van der Waals surface area (Å²) >= 11 is 6.77. The molecule has 1 amide bonds. The fourth-order valence-corrected chi connectivity index (χ4v) is 5.24. The van der Waals surface area contributed by atoms with Crippen molar-refractivity contribution in [2.45, 2.75) is 10.3 Å². The van der Waals surface area contributed by atoms with Crippen molar-refractivity contribution in [1.82, 2.24) is 14.5 Å². The molecule has 142 valence electrons. The summed E-state index contributed by atoms with van der Waals surface area (Å²) in [6.45, 7) is 0.126. The van der Waals surface area contributed by atoms with Crippen LogP contribution in [0.2, 0.25) is 4.34 Å². The van der Waals surface area contributed by atoms with Gasteiger partial charge in [-0.1, -0.05) is 41.9 Å². The summed E-state index contributed by atoms with van der Waals surface area (Å²) in [4.78, 5) is 14.2. The Morgan fingerprint density at radius 2 is 1.81 bits per heavy atom. The summed E-state index contributed by atoms with van der Waals surface area (Å²) in [5.41, 5.74) is 1.08. The van der Waals surface area contributed by atoms with Crippen molar-refractivity contribution < 1.29 is 13.2 Å². The maximum absolute atomic E-state index is 12.4.